The topological polar surface area (TPSA) is 72.9 Å². The number of carbonyl (C=O) groups excluding carboxylic acids is 1. The van der Waals surface area contributed by atoms with Crippen molar-refractivity contribution >= 4 is 17.4 Å². The number of rotatable bonds is 2. The molecular formula is C12H12F2N4O. The second-order valence-corrected chi connectivity index (χ2v) is 4.07. The van der Waals surface area contributed by atoms with Gasteiger partial charge in [0, 0.05) is 7.05 Å². The number of hydrogen-bond acceptors (Lipinski definition) is 3. The highest BCUT2D eigenvalue weighted by atomic mass is 19.1. The summed E-state index contributed by atoms with van der Waals surface area (Å²) in [4.78, 5) is 11.9. The number of hydrogen-bond donors (Lipinski definition) is 2. The van der Waals surface area contributed by atoms with E-state index in [1.54, 1.807) is 7.05 Å². The summed E-state index contributed by atoms with van der Waals surface area (Å²) in [5, 5.41) is 5.95. The number of nitrogen functional groups attached to an aromatic ring is 1. The fraction of sp³-hybridized carbons (Fsp3) is 0.167. The zero-order valence-corrected chi connectivity index (χ0v) is 10.4. The summed E-state index contributed by atoms with van der Waals surface area (Å²) in [7, 11) is 1.56. The molecule has 1 aromatic heterocycles. The lowest BCUT2D eigenvalue weighted by molar-refractivity contribution is 0.102. The molecule has 0 saturated heterocycles. The number of halogens is 2. The fourth-order valence-corrected chi connectivity index (χ4v) is 1.57. The van der Waals surface area contributed by atoms with Crippen LogP contribution >= 0.6 is 0 Å². The molecule has 0 bridgehead atoms. The van der Waals surface area contributed by atoms with Crippen molar-refractivity contribution in [2.75, 3.05) is 11.1 Å². The molecule has 0 atom stereocenters. The van der Waals surface area contributed by atoms with Crippen molar-refractivity contribution < 1.29 is 13.6 Å². The highest BCUT2D eigenvalue weighted by Gasteiger charge is 2.18. The average molecular weight is 266 g/mol. The minimum atomic E-state index is -0.848. The van der Waals surface area contributed by atoms with E-state index in [1.165, 1.54) is 23.9 Å². The Morgan fingerprint density at radius 3 is 2.68 bits per heavy atom. The third kappa shape index (κ3) is 2.26. The number of amides is 1. The van der Waals surface area contributed by atoms with Crippen LogP contribution in [-0.2, 0) is 7.05 Å². The number of nitrogens with two attached hydrogens (primary N) is 1. The molecule has 5 nitrogen and oxygen atoms in total. The first kappa shape index (κ1) is 13.0. The molecule has 7 heteroatoms. The van der Waals surface area contributed by atoms with Gasteiger partial charge in [0.15, 0.2) is 5.82 Å². The second-order valence-electron chi connectivity index (χ2n) is 4.07. The number of aromatic nitrogens is 2. The van der Waals surface area contributed by atoms with E-state index in [4.69, 9.17) is 5.73 Å². The maximum atomic E-state index is 13.7. The van der Waals surface area contributed by atoms with E-state index in [0.717, 1.165) is 6.07 Å². The summed E-state index contributed by atoms with van der Waals surface area (Å²) in [6.45, 7) is 1.48. The van der Waals surface area contributed by atoms with E-state index in [1.807, 2.05) is 0 Å². The minimum absolute atomic E-state index is 0.0582. The molecule has 0 saturated carbocycles. The number of carbonyl (C=O) groups is 1. The number of nitrogens with zero attached hydrogens (tertiary/aromatic N) is 2. The van der Waals surface area contributed by atoms with Crippen molar-refractivity contribution in [1.82, 2.24) is 9.78 Å². The molecule has 1 amide bonds. The van der Waals surface area contributed by atoms with Gasteiger partial charge in [0.2, 0.25) is 0 Å². The zero-order valence-electron chi connectivity index (χ0n) is 10.4. The number of nitrogens with one attached hydrogen (secondary N) is 1. The lowest BCUT2D eigenvalue weighted by Crippen LogP contribution is -2.16. The molecule has 0 radical (unpaired) electrons. The van der Waals surface area contributed by atoms with Crippen molar-refractivity contribution in [3.8, 4) is 0 Å². The predicted molar refractivity (Wildman–Crippen MR) is 66.7 cm³/mol. The Hall–Kier alpha value is -2.44. The fourth-order valence-electron chi connectivity index (χ4n) is 1.57. The monoisotopic (exact) mass is 266 g/mol. The maximum absolute atomic E-state index is 13.7. The average Bonchev–Trinajstić information content (AvgIpc) is 2.70. The summed E-state index contributed by atoms with van der Waals surface area (Å²) in [5.41, 5.74) is 5.41. The molecule has 100 valence electrons. The quantitative estimate of drug-likeness (QED) is 0.871. The summed E-state index contributed by atoms with van der Waals surface area (Å²) in [6, 6.07) is 2.37. The molecule has 1 aromatic carbocycles. The molecule has 19 heavy (non-hydrogen) atoms. The van der Waals surface area contributed by atoms with Crippen LogP contribution in [0.3, 0.4) is 0 Å². The van der Waals surface area contributed by atoms with E-state index in [9.17, 15) is 13.6 Å². The standard InChI is InChI=1S/C12H12F2N4O/c1-6-3-4-8(13)10(9(6)14)17-12(19)7-5-16-18(2)11(7)15/h3-5H,15H2,1-2H3,(H,17,19). The number of benzene rings is 1. The van der Waals surface area contributed by atoms with Gasteiger partial charge in [-0.2, -0.15) is 5.10 Å². The smallest absolute Gasteiger partial charge is 0.261 e. The van der Waals surface area contributed by atoms with Crippen LogP contribution < -0.4 is 11.1 Å². The van der Waals surface area contributed by atoms with Gasteiger partial charge in [0.05, 0.1) is 6.20 Å². The van der Waals surface area contributed by atoms with Gasteiger partial charge in [-0.1, -0.05) is 6.07 Å². The predicted octanol–water partition coefficient (Wildman–Crippen LogP) is 1.84. The molecule has 0 aliphatic heterocycles. The first-order valence-corrected chi connectivity index (χ1v) is 5.45. The Kier molecular flexibility index (Phi) is 3.20. The van der Waals surface area contributed by atoms with Gasteiger partial charge in [0.25, 0.3) is 5.91 Å². The Morgan fingerprint density at radius 2 is 2.11 bits per heavy atom. The Labute approximate surface area is 108 Å². The van der Waals surface area contributed by atoms with Crippen molar-refractivity contribution in [2.24, 2.45) is 7.05 Å². The molecule has 0 spiro atoms. The van der Waals surface area contributed by atoms with Crippen LogP contribution in [0.15, 0.2) is 18.3 Å². The van der Waals surface area contributed by atoms with Gasteiger partial charge in [0.1, 0.15) is 22.9 Å². The van der Waals surface area contributed by atoms with Gasteiger partial charge < -0.3 is 11.1 Å². The van der Waals surface area contributed by atoms with Crippen molar-refractivity contribution in [3.05, 3.63) is 41.1 Å². The Morgan fingerprint density at radius 1 is 1.42 bits per heavy atom. The van der Waals surface area contributed by atoms with E-state index in [2.05, 4.69) is 10.4 Å². The van der Waals surface area contributed by atoms with Crippen molar-refractivity contribution in [3.63, 3.8) is 0 Å². The lowest BCUT2D eigenvalue weighted by atomic mass is 10.2. The van der Waals surface area contributed by atoms with E-state index < -0.39 is 23.2 Å². The molecule has 0 fully saturated rings. The Bertz CT molecular complexity index is 651. The van der Waals surface area contributed by atoms with E-state index in [-0.39, 0.29) is 16.9 Å². The van der Waals surface area contributed by atoms with Crippen molar-refractivity contribution in [2.45, 2.75) is 6.92 Å². The van der Waals surface area contributed by atoms with Crippen LogP contribution in [-0.4, -0.2) is 15.7 Å². The first-order chi connectivity index (χ1) is 8.91. The zero-order chi connectivity index (χ0) is 14.2. The lowest BCUT2D eigenvalue weighted by Gasteiger charge is -2.08. The molecule has 0 unspecified atom stereocenters. The van der Waals surface area contributed by atoms with Crippen molar-refractivity contribution in [1.29, 1.82) is 0 Å². The van der Waals surface area contributed by atoms with Crippen LogP contribution in [0.2, 0.25) is 0 Å². The molecule has 3 N–H and O–H groups in total. The highest BCUT2D eigenvalue weighted by molar-refractivity contribution is 6.07. The molecule has 2 rings (SSSR count). The minimum Gasteiger partial charge on any atom is -0.383 e. The molecule has 1 heterocycles. The summed E-state index contributed by atoms with van der Waals surface area (Å²) in [6.07, 6.45) is 1.23. The largest absolute Gasteiger partial charge is 0.383 e. The molecule has 0 aliphatic carbocycles. The van der Waals surface area contributed by atoms with Crippen LogP contribution in [0.1, 0.15) is 15.9 Å². The highest BCUT2D eigenvalue weighted by Crippen LogP contribution is 2.23. The van der Waals surface area contributed by atoms with Gasteiger partial charge in [-0.15, -0.1) is 0 Å². The van der Waals surface area contributed by atoms with Crippen LogP contribution in [0, 0.1) is 18.6 Å². The first-order valence-electron chi connectivity index (χ1n) is 5.45. The maximum Gasteiger partial charge on any atom is 0.261 e. The van der Waals surface area contributed by atoms with E-state index >= 15 is 0 Å². The summed E-state index contributed by atoms with van der Waals surface area (Å²) in [5.74, 6) is -2.25. The van der Waals surface area contributed by atoms with Gasteiger partial charge in [-0.3, -0.25) is 9.48 Å². The van der Waals surface area contributed by atoms with E-state index in [0.29, 0.717) is 0 Å². The van der Waals surface area contributed by atoms with Crippen LogP contribution in [0.5, 0.6) is 0 Å². The van der Waals surface area contributed by atoms with Gasteiger partial charge in [-0.05, 0) is 18.6 Å². The summed E-state index contributed by atoms with van der Waals surface area (Å²) >= 11 is 0. The SMILES string of the molecule is Cc1ccc(F)c(NC(=O)c2cnn(C)c2N)c1F. The van der Waals surface area contributed by atoms with Crippen LogP contribution in [0.25, 0.3) is 0 Å². The molecule has 0 aliphatic rings. The second kappa shape index (κ2) is 4.68. The van der Waals surface area contributed by atoms with Gasteiger partial charge in [-0.25, -0.2) is 8.78 Å². The Balaban J connectivity index is 2.35. The molecular weight excluding hydrogens is 254 g/mol. The van der Waals surface area contributed by atoms with Crippen LogP contribution in [0.4, 0.5) is 20.3 Å². The number of anilines is 2. The third-order valence-corrected chi connectivity index (χ3v) is 2.75. The summed E-state index contributed by atoms with van der Waals surface area (Å²) < 4.78 is 28.5. The third-order valence-electron chi connectivity index (χ3n) is 2.75. The number of aryl methyl sites for hydroxylation is 2. The normalized spacial score (nSPS) is 10.5. The molecule has 2 aromatic rings. The van der Waals surface area contributed by atoms with Gasteiger partial charge >= 0.3 is 0 Å².